The highest BCUT2D eigenvalue weighted by Crippen LogP contribution is 2.26. The van der Waals surface area contributed by atoms with Gasteiger partial charge in [-0.15, -0.1) is 0 Å². The summed E-state index contributed by atoms with van der Waals surface area (Å²) in [6.07, 6.45) is -5.50. The minimum atomic E-state index is -5.09. The lowest BCUT2D eigenvalue weighted by Gasteiger charge is -2.16. The molecule has 0 fully saturated rings. The molecule has 0 aliphatic heterocycles. The number of benzene rings is 1. The molecule has 0 spiro atoms. The molecule has 0 amide bonds. The van der Waals surface area contributed by atoms with Crippen LogP contribution in [0.3, 0.4) is 0 Å². The number of hydrogen-bond donors (Lipinski definition) is 0. The molecular weight excluding hydrogens is 309 g/mol. The van der Waals surface area contributed by atoms with Crippen LogP contribution in [-0.4, -0.2) is 24.5 Å². The molecule has 116 valence electrons. The van der Waals surface area contributed by atoms with Crippen LogP contribution in [0.4, 0.5) is 13.2 Å². The van der Waals surface area contributed by atoms with Crippen LogP contribution >= 0.6 is 11.6 Å². The Morgan fingerprint density at radius 2 is 1.95 bits per heavy atom. The fraction of sp³-hybridized carbons (Fsp3) is 0.429. The van der Waals surface area contributed by atoms with Crippen molar-refractivity contribution in [3.05, 3.63) is 34.3 Å². The van der Waals surface area contributed by atoms with Gasteiger partial charge in [0.25, 0.3) is 5.78 Å². The molecule has 0 saturated heterocycles. The Hall–Kier alpha value is -1.56. The van der Waals surface area contributed by atoms with Crippen molar-refractivity contribution in [1.29, 1.82) is 0 Å². The van der Waals surface area contributed by atoms with E-state index in [-0.39, 0.29) is 6.61 Å². The molecule has 0 aliphatic carbocycles. The number of carbonyl (C=O) groups is 2. The van der Waals surface area contributed by atoms with Crippen LogP contribution in [0.15, 0.2) is 18.2 Å². The van der Waals surface area contributed by atoms with Gasteiger partial charge in [0, 0.05) is 5.02 Å². The Bertz CT molecular complexity index is 541. The van der Waals surface area contributed by atoms with Crippen LogP contribution in [0.5, 0.6) is 0 Å². The van der Waals surface area contributed by atoms with E-state index in [1.54, 1.807) is 13.0 Å². The van der Waals surface area contributed by atoms with E-state index < -0.39 is 30.3 Å². The highest BCUT2D eigenvalue weighted by atomic mass is 35.5. The van der Waals surface area contributed by atoms with Gasteiger partial charge in [-0.05, 0) is 37.5 Å². The normalized spacial score (nSPS) is 12.9. The third kappa shape index (κ3) is 4.74. The number of ether oxygens (including phenoxy) is 1. The summed E-state index contributed by atoms with van der Waals surface area (Å²) in [4.78, 5) is 23.0. The molecule has 0 aromatic heterocycles. The van der Waals surface area contributed by atoms with Gasteiger partial charge in [-0.2, -0.15) is 13.2 Å². The van der Waals surface area contributed by atoms with Crippen LogP contribution in [0.1, 0.15) is 18.1 Å². The van der Waals surface area contributed by atoms with Crippen molar-refractivity contribution in [2.75, 3.05) is 6.61 Å². The zero-order valence-electron chi connectivity index (χ0n) is 11.5. The molecule has 0 bridgehead atoms. The van der Waals surface area contributed by atoms with E-state index in [2.05, 4.69) is 4.74 Å². The van der Waals surface area contributed by atoms with Crippen molar-refractivity contribution in [1.82, 2.24) is 0 Å². The first-order valence-corrected chi connectivity index (χ1v) is 6.57. The van der Waals surface area contributed by atoms with Crippen molar-refractivity contribution in [3.63, 3.8) is 0 Å². The van der Waals surface area contributed by atoms with Crippen molar-refractivity contribution < 1.29 is 27.5 Å². The van der Waals surface area contributed by atoms with Crippen LogP contribution in [0.25, 0.3) is 0 Å². The van der Waals surface area contributed by atoms with Gasteiger partial charge in [0.05, 0.1) is 6.61 Å². The van der Waals surface area contributed by atoms with E-state index in [1.807, 2.05) is 0 Å². The standard InChI is InChI=1S/C14H14ClF3O3/c1-3-21-13(20)10(12(19)14(16,17)18)6-9-5-4-8(2)11(15)7-9/h4-5,7,10H,3,6H2,1-2H3/t10-/m0/s1. The maximum atomic E-state index is 12.6. The van der Waals surface area contributed by atoms with Crippen LogP contribution in [-0.2, 0) is 20.7 Å². The van der Waals surface area contributed by atoms with Gasteiger partial charge in [0.2, 0.25) is 0 Å². The average Bonchev–Trinajstić information content (AvgIpc) is 2.38. The second-order valence-corrected chi connectivity index (χ2v) is 4.86. The number of Topliss-reactive ketones (excluding diaryl/α,β-unsaturated/α-hetero) is 1. The number of esters is 1. The molecule has 21 heavy (non-hydrogen) atoms. The summed E-state index contributed by atoms with van der Waals surface area (Å²) in [5, 5.41) is 0.356. The Morgan fingerprint density at radius 3 is 2.43 bits per heavy atom. The first-order chi connectivity index (χ1) is 9.66. The monoisotopic (exact) mass is 322 g/mol. The first kappa shape index (κ1) is 17.5. The fourth-order valence-corrected chi connectivity index (χ4v) is 1.93. The molecule has 1 atom stereocenters. The van der Waals surface area contributed by atoms with Gasteiger partial charge in [-0.25, -0.2) is 0 Å². The van der Waals surface area contributed by atoms with E-state index in [9.17, 15) is 22.8 Å². The molecule has 1 aromatic rings. The SMILES string of the molecule is CCOC(=O)[C@@H](Cc1ccc(C)c(Cl)c1)C(=O)C(F)(F)F. The van der Waals surface area contributed by atoms with E-state index >= 15 is 0 Å². The van der Waals surface area contributed by atoms with Crippen LogP contribution in [0.2, 0.25) is 5.02 Å². The number of ketones is 1. The maximum absolute atomic E-state index is 12.6. The molecule has 0 saturated carbocycles. The van der Waals surface area contributed by atoms with E-state index in [1.165, 1.54) is 19.1 Å². The number of halogens is 4. The summed E-state index contributed by atoms with van der Waals surface area (Å²) in [5.41, 5.74) is 1.11. The molecule has 1 rings (SSSR count). The maximum Gasteiger partial charge on any atom is 0.450 e. The smallest absolute Gasteiger partial charge is 0.450 e. The molecule has 1 aromatic carbocycles. The third-order valence-corrected chi connectivity index (χ3v) is 3.25. The van der Waals surface area contributed by atoms with Gasteiger partial charge >= 0.3 is 12.1 Å². The lowest BCUT2D eigenvalue weighted by atomic mass is 9.94. The minimum absolute atomic E-state index is 0.102. The predicted molar refractivity (Wildman–Crippen MR) is 71.1 cm³/mol. The largest absolute Gasteiger partial charge is 0.465 e. The van der Waals surface area contributed by atoms with Crippen molar-refractivity contribution in [2.24, 2.45) is 5.92 Å². The van der Waals surface area contributed by atoms with Crippen LogP contribution < -0.4 is 0 Å². The Morgan fingerprint density at radius 1 is 1.33 bits per heavy atom. The molecule has 0 N–H and O–H groups in total. The lowest BCUT2D eigenvalue weighted by Crippen LogP contribution is -2.37. The van der Waals surface area contributed by atoms with Gasteiger partial charge in [-0.1, -0.05) is 23.7 Å². The first-order valence-electron chi connectivity index (χ1n) is 6.19. The molecule has 0 radical (unpaired) electrons. The Balaban J connectivity index is 3.04. The predicted octanol–water partition coefficient (Wildman–Crippen LogP) is 3.50. The van der Waals surface area contributed by atoms with Crippen molar-refractivity contribution >= 4 is 23.4 Å². The second kappa shape index (κ2) is 6.93. The third-order valence-electron chi connectivity index (χ3n) is 2.84. The van der Waals surface area contributed by atoms with Crippen molar-refractivity contribution in [3.8, 4) is 0 Å². The molecule has 0 unspecified atom stereocenters. The summed E-state index contributed by atoms with van der Waals surface area (Å²) in [7, 11) is 0. The highest BCUT2D eigenvalue weighted by molar-refractivity contribution is 6.31. The lowest BCUT2D eigenvalue weighted by molar-refractivity contribution is -0.180. The number of aryl methyl sites for hydroxylation is 1. The van der Waals surface area contributed by atoms with Gasteiger partial charge < -0.3 is 4.74 Å². The highest BCUT2D eigenvalue weighted by Gasteiger charge is 2.46. The summed E-state index contributed by atoms with van der Waals surface area (Å²) < 4.78 is 42.2. The number of rotatable bonds is 5. The number of alkyl halides is 3. The number of hydrogen-bond acceptors (Lipinski definition) is 3. The summed E-state index contributed by atoms with van der Waals surface area (Å²) in [5.74, 6) is -5.21. The Kier molecular flexibility index (Phi) is 5.78. The Labute approximate surface area is 125 Å². The van der Waals surface area contributed by atoms with Crippen LogP contribution in [0, 0.1) is 12.8 Å². The number of carbonyl (C=O) groups excluding carboxylic acids is 2. The summed E-state index contributed by atoms with van der Waals surface area (Å²) in [6.45, 7) is 3.08. The van der Waals surface area contributed by atoms with E-state index in [0.29, 0.717) is 10.6 Å². The van der Waals surface area contributed by atoms with E-state index in [4.69, 9.17) is 11.6 Å². The minimum Gasteiger partial charge on any atom is -0.465 e. The van der Waals surface area contributed by atoms with E-state index in [0.717, 1.165) is 5.56 Å². The molecule has 0 aliphatic rings. The molecule has 3 nitrogen and oxygen atoms in total. The molecular formula is C14H14ClF3O3. The average molecular weight is 323 g/mol. The summed E-state index contributed by atoms with van der Waals surface area (Å²) >= 11 is 5.88. The van der Waals surface area contributed by atoms with Gasteiger partial charge in [0.1, 0.15) is 5.92 Å². The second-order valence-electron chi connectivity index (χ2n) is 4.45. The van der Waals surface area contributed by atoms with Gasteiger partial charge in [-0.3, -0.25) is 9.59 Å². The fourth-order valence-electron chi connectivity index (χ4n) is 1.72. The molecule has 7 heteroatoms. The summed E-state index contributed by atoms with van der Waals surface area (Å²) in [6, 6.07) is 4.57. The molecule has 0 heterocycles. The van der Waals surface area contributed by atoms with Gasteiger partial charge in [0.15, 0.2) is 0 Å². The zero-order valence-corrected chi connectivity index (χ0v) is 12.2. The van der Waals surface area contributed by atoms with Crippen molar-refractivity contribution in [2.45, 2.75) is 26.4 Å². The quantitative estimate of drug-likeness (QED) is 0.615. The zero-order chi connectivity index (χ0) is 16.2. The topological polar surface area (TPSA) is 43.4 Å².